The Balaban J connectivity index is 2.45. The number of benzene rings is 1. The molecule has 18 heavy (non-hydrogen) atoms. The molecule has 1 aromatic rings. The van der Waals surface area contributed by atoms with E-state index in [1.54, 1.807) is 0 Å². The van der Waals surface area contributed by atoms with Gasteiger partial charge in [-0.1, -0.05) is 43.3 Å². The molecule has 0 aliphatic rings. The summed E-state index contributed by atoms with van der Waals surface area (Å²) in [4.78, 5) is 11.5. The second kappa shape index (κ2) is 6.39. The minimum atomic E-state index is -0.426. The lowest BCUT2D eigenvalue weighted by molar-refractivity contribution is -0.148. The van der Waals surface area contributed by atoms with Gasteiger partial charge in [0.25, 0.3) is 0 Å². The van der Waals surface area contributed by atoms with Gasteiger partial charge in [-0.3, -0.25) is 0 Å². The van der Waals surface area contributed by atoms with Crippen LogP contribution in [0.25, 0.3) is 0 Å². The first-order chi connectivity index (χ1) is 8.37. The summed E-state index contributed by atoms with van der Waals surface area (Å²) in [6, 6.07) is 10.2. The van der Waals surface area contributed by atoms with Crippen LogP contribution in [0.1, 0.15) is 33.3 Å². The van der Waals surface area contributed by atoms with Crippen molar-refractivity contribution in [3.8, 4) is 0 Å². The van der Waals surface area contributed by atoms with E-state index in [-0.39, 0.29) is 5.97 Å². The molecule has 2 heteroatoms. The van der Waals surface area contributed by atoms with E-state index >= 15 is 0 Å². The smallest absolute Gasteiger partial charge is 0.330 e. The van der Waals surface area contributed by atoms with Gasteiger partial charge in [-0.25, -0.2) is 4.79 Å². The van der Waals surface area contributed by atoms with E-state index < -0.39 is 5.60 Å². The number of hydrogen-bond donors (Lipinski definition) is 0. The molecule has 0 saturated heterocycles. The standard InChI is InChI=1S/C16H22O2/c1-13(12-14-8-6-5-7-9-14)10-11-15(17)18-16(2,3)4/h5-11,13H,12H2,1-4H3/b11-10+. The molecule has 0 aromatic heterocycles. The zero-order chi connectivity index (χ0) is 13.6. The van der Waals surface area contributed by atoms with Crippen molar-refractivity contribution in [2.75, 3.05) is 0 Å². The van der Waals surface area contributed by atoms with Gasteiger partial charge in [-0.15, -0.1) is 0 Å². The first-order valence-corrected chi connectivity index (χ1v) is 6.32. The maximum Gasteiger partial charge on any atom is 0.330 e. The van der Waals surface area contributed by atoms with Crippen molar-refractivity contribution in [2.24, 2.45) is 5.92 Å². The fourth-order valence-electron chi connectivity index (χ4n) is 1.63. The van der Waals surface area contributed by atoms with E-state index in [1.807, 2.05) is 45.0 Å². The Morgan fingerprint density at radius 2 is 1.89 bits per heavy atom. The van der Waals surface area contributed by atoms with Gasteiger partial charge in [0.1, 0.15) is 5.60 Å². The predicted molar refractivity (Wildman–Crippen MR) is 74.3 cm³/mol. The third kappa shape index (κ3) is 6.24. The van der Waals surface area contributed by atoms with Crippen molar-refractivity contribution in [1.29, 1.82) is 0 Å². The van der Waals surface area contributed by atoms with Gasteiger partial charge in [0.15, 0.2) is 0 Å². The molecule has 0 aliphatic carbocycles. The normalized spacial score (nSPS) is 13.6. The van der Waals surface area contributed by atoms with Gasteiger partial charge >= 0.3 is 5.97 Å². The Kier molecular flexibility index (Phi) is 5.14. The van der Waals surface area contributed by atoms with Crippen molar-refractivity contribution in [3.05, 3.63) is 48.0 Å². The summed E-state index contributed by atoms with van der Waals surface area (Å²) < 4.78 is 5.21. The second-order valence-electron chi connectivity index (χ2n) is 5.56. The lowest BCUT2D eigenvalue weighted by Crippen LogP contribution is -2.22. The van der Waals surface area contributed by atoms with Crippen LogP contribution in [0, 0.1) is 5.92 Å². The summed E-state index contributed by atoms with van der Waals surface area (Å²) in [5.74, 6) is 0.0438. The van der Waals surface area contributed by atoms with Crippen molar-refractivity contribution in [2.45, 2.75) is 39.7 Å². The third-order valence-corrected chi connectivity index (χ3v) is 2.37. The molecule has 2 nitrogen and oxygen atoms in total. The SMILES string of the molecule is CC(/C=C/C(=O)OC(C)(C)C)Cc1ccccc1. The Labute approximate surface area is 110 Å². The van der Waals surface area contributed by atoms with Crippen LogP contribution in [0.2, 0.25) is 0 Å². The maximum atomic E-state index is 11.5. The highest BCUT2D eigenvalue weighted by molar-refractivity contribution is 5.82. The van der Waals surface area contributed by atoms with Gasteiger partial charge in [0.05, 0.1) is 0 Å². The van der Waals surface area contributed by atoms with Crippen molar-refractivity contribution >= 4 is 5.97 Å². The monoisotopic (exact) mass is 246 g/mol. The van der Waals surface area contributed by atoms with Crippen LogP contribution >= 0.6 is 0 Å². The van der Waals surface area contributed by atoms with Gasteiger partial charge in [-0.2, -0.15) is 0 Å². The molecule has 0 aliphatic heterocycles. The van der Waals surface area contributed by atoms with Gasteiger partial charge in [-0.05, 0) is 38.7 Å². The Morgan fingerprint density at radius 1 is 1.28 bits per heavy atom. The maximum absolute atomic E-state index is 11.5. The van der Waals surface area contributed by atoms with Crippen LogP contribution in [0.5, 0.6) is 0 Å². The number of rotatable bonds is 4. The molecule has 0 bridgehead atoms. The molecule has 0 N–H and O–H groups in total. The fourth-order valence-corrected chi connectivity index (χ4v) is 1.63. The Bertz CT molecular complexity index is 399. The van der Waals surface area contributed by atoms with Crippen molar-refractivity contribution in [1.82, 2.24) is 0 Å². The minimum absolute atomic E-state index is 0.276. The fraction of sp³-hybridized carbons (Fsp3) is 0.438. The molecule has 0 radical (unpaired) electrons. The number of allylic oxidation sites excluding steroid dienone is 1. The number of carbonyl (C=O) groups is 1. The van der Waals surface area contributed by atoms with Crippen LogP contribution in [-0.4, -0.2) is 11.6 Å². The Hall–Kier alpha value is -1.57. The summed E-state index contributed by atoms with van der Waals surface area (Å²) >= 11 is 0. The molecule has 98 valence electrons. The third-order valence-electron chi connectivity index (χ3n) is 2.37. The Morgan fingerprint density at radius 3 is 2.44 bits per heavy atom. The van der Waals surface area contributed by atoms with E-state index in [0.717, 1.165) is 6.42 Å². The molecule has 0 saturated carbocycles. The summed E-state index contributed by atoms with van der Waals surface area (Å²) in [5, 5.41) is 0. The van der Waals surface area contributed by atoms with Crippen LogP contribution < -0.4 is 0 Å². The zero-order valence-electron chi connectivity index (χ0n) is 11.6. The van der Waals surface area contributed by atoms with E-state index in [1.165, 1.54) is 11.6 Å². The lowest BCUT2D eigenvalue weighted by Gasteiger charge is -2.18. The van der Waals surface area contributed by atoms with E-state index in [0.29, 0.717) is 5.92 Å². The average Bonchev–Trinajstić information content (AvgIpc) is 2.25. The summed E-state index contributed by atoms with van der Waals surface area (Å²) in [6.45, 7) is 7.69. The van der Waals surface area contributed by atoms with E-state index in [9.17, 15) is 4.79 Å². The number of ether oxygens (including phenoxy) is 1. The van der Waals surface area contributed by atoms with E-state index in [2.05, 4.69) is 19.1 Å². The van der Waals surface area contributed by atoms with Crippen LogP contribution in [0.3, 0.4) is 0 Å². The average molecular weight is 246 g/mol. The molecular formula is C16H22O2. The molecule has 0 fully saturated rings. The topological polar surface area (TPSA) is 26.3 Å². The number of hydrogen-bond acceptors (Lipinski definition) is 2. The largest absolute Gasteiger partial charge is 0.457 e. The van der Waals surface area contributed by atoms with Gasteiger partial charge < -0.3 is 4.74 Å². The summed E-state index contributed by atoms with van der Waals surface area (Å²) in [5.41, 5.74) is 0.850. The van der Waals surface area contributed by atoms with Gasteiger partial charge in [0, 0.05) is 6.08 Å². The van der Waals surface area contributed by atoms with Crippen LogP contribution in [-0.2, 0) is 16.0 Å². The van der Waals surface area contributed by atoms with Crippen molar-refractivity contribution < 1.29 is 9.53 Å². The summed E-state index contributed by atoms with van der Waals surface area (Å²) in [7, 11) is 0. The highest BCUT2D eigenvalue weighted by atomic mass is 16.6. The quantitative estimate of drug-likeness (QED) is 0.597. The van der Waals surface area contributed by atoms with Gasteiger partial charge in [0.2, 0.25) is 0 Å². The first-order valence-electron chi connectivity index (χ1n) is 6.32. The number of esters is 1. The molecule has 1 aromatic carbocycles. The van der Waals surface area contributed by atoms with Crippen molar-refractivity contribution in [3.63, 3.8) is 0 Å². The highest BCUT2D eigenvalue weighted by Gasteiger charge is 2.14. The molecule has 0 heterocycles. The second-order valence-corrected chi connectivity index (χ2v) is 5.56. The number of carbonyl (C=O) groups excluding carboxylic acids is 1. The minimum Gasteiger partial charge on any atom is -0.457 e. The summed E-state index contributed by atoms with van der Waals surface area (Å²) in [6.07, 6.45) is 4.36. The molecule has 0 amide bonds. The molecule has 1 rings (SSSR count). The zero-order valence-corrected chi connectivity index (χ0v) is 11.6. The first kappa shape index (κ1) is 14.5. The molecule has 1 unspecified atom stereocenters. The lowest BCUT2D eigenvalue weighted by atomic mass is 10.0. The van der Waals surface area contributed by atoms with Crippen LogP contribution in [0.4, 0.5) is 0 Å². The molecule has 1 atom stereocenters. The molecule has 0 spiro atoms. The van der Waals surface area contributed by atoms with E-state index in [4.69, 9.17) is 4.74 Å². The molecular weight excluding hydrogens is 224 g/mol. The van der Waals surface area contributed by atoms with Crippen LogP contribution in [0.15, 0.2) is 42.5 Å². The predicted octanol–water partition coefficient (Wildman–Crippen LogP) is 3.76. The highest BCUT2D eigenvalue weighted by Crippen LogP contribution is 2.11.